The Balaban J connectivity index is 0.00000131. The van der Waals surface area contributed by atoms with Gasteiger partial charge in [-0.1, -0.05) is 18.2 Å². The summed E-state index contributed by atoms with van der Waals surface area (Å²) >= 11 is 1.65. The highest BCUT2D eigenvalue weighted by Gasteiger charge is 2.19. The summed E-state index contributed by atoms with van der Waals surface area (Å²) in [6.07, 6.45) is 5.02. The van der Waals surface area contributed by atoms with E-state index in [-0.39, 0.29) is 36.8 Å². The summed E-state index contributed by atoms with van der Waals surface area (Å²) in [5, 5.41) is 6.39. The van der Waals surface area contributed by atoms with E-state index in [9.17, 15) is 4.79 Å². The van der Waals surface area contributed by atoms with Crippen molar-refractivity contribution >= 4 is 48.1 Å². The van der Waals surface area contributed by atoms with Gasteiger partial charge in [-0.15, -0.1) is 36.6 Å². The number of imidazole rings is 1. The number of carbonyl (C=O) groups excluding carboxylic acids is 1. The minimum Gasteiger partial charge on any atom is -0.348 e. The number of hydrogen-bond acceptors (Lipinski definition) is 4. The number of fused-ring (bicyclic) bond motifs is 1. The Hall–Kier alpha value is -1.73. The molecule has 5 nitrogen and oxygen atoms in total. The minimum atomic E-state index is 0. The van der Waals surface area contributed by atoms with Crippen LogP contribution in [-0.4, -0.2) is 34.4 Å². The standard InChI is InChI=1S/C19H20N4OS.2ClH/c24-19(22-14-8-9-20-11-14)16-5-1-2-6-17(16)25-13-15-12-23-10-4-3-7-18(23)21-15;;/h1-7,10,12,14,20H,8-9,11,13H2,(H,22,24);2*1H. The Morgan fingerprint density at radius 3 is 2.81 bits per heavy atom. The van der Waals surface area contributed by atoms with E-state index in [0.717, 1.165) is 47.1 Å². The quantitative estimate of drug-likeness (QED) is 0.614. The number of aromatic nitrogens is 2. The van der Waals surface area contributed by atoms with Gasteiger partial charge >= 0.3 is 0 Å². The lowest BCUT2D eigenvalue weighted by molar-refractivity contribution is 0.0937. The van der Waals surface area contributed by atoms with Crippen molar-refractivity contribution in [3.05, 3.63) is 66.1 Å². The summed E-state index contributed by atoms with van der Waals surface area (Å²) in [6, 6.07) is 14.0. The summed E-state index contributed by atoms with van der Waals surface area (Å²) in [4.78, 5) is 18.2. The normalized spacial score (nSPS) is 15.8. The molecule has 2 N–H and O–H groups in total. The third-order valence-electron chi connectivity index (χ3n) is 4.32. The number of benzene rings is 1. The molecule has 0 radical (unpaired) electrons. The highest BCUT2D eigenvalue weighted by Crippen LogP contribution is 2.26. The molecule has 1 amide bonds. The number of hydrogen-bond donors (Lipinski definition) is 2. The maximum atomic E-state index is 12.6. The number of rotatable bonds is 5. The summed E-state index contributed by atoms with van der Waals surface area (Å²) < 4.78 is 2.02. The molecule has 1 fully saturated rings. The van der Waals surface area contributed by atoms with Gasteiger partial charge in [0.05, 0.1) is 11.3 Å². The lowest BCUT2D eigenvalue weighted by Gasteiger charge is -2.13. The summed E-state index contributed by atoms with van der Waals surface area (Å²) in [5.41, 5.74) is 2.69. The number of nitrogens with one attached hydrogen (secondary N) is 2. The molecule has 1 unspecified atom stereocenters. The molecule has 4 rings (SSSR count). The van der Waals surface area contributed by atoms with E-state index in [1.807, 2.05) is 59.3 Å². The first-order valence-electron chi connectivity index (χ1n) is 8.45. The fraction of sp³-hybridized carbons (Fsp3) is 0.263. The van der Waals surface area contributed by atoms with Gasteiger partial charge in [-0.25, -0.2) is 4.98 Å². The first-order chi connectivity index (χ1) is 12.3. The number of carbonyl (C=O) groups is 1. The predicted molar refractivity (Wildman–Crippen MR) is 114 cm³/mol. The zero-order valence-corrected chi connectivity index (χ0v) is 17.1. The van der Waals surface area contributed by atoms with Gasteiger partial charge in [0.15, 0.2) is 0 Å². The first-order valence-corrected chi connectivity index (χ1v) is 9.44. The lowest BCUT2D eigenvalue weighted by Crippen LogP contribution is -2.36. The van der Waals surface area contributed by atoms with Crippen molar-refractivity contribution in [1.82, 2.24) is 20.0 Å². The van der Waals surface area contributed by atoms with Crippen LogP contribution in [0.2, 0.25) is 0 Å². The zero-order chi connectivity index (χ0) is 17.1. The number of amides is 1. The molecular formula is C19H22Cl2N4OS. The lowest BCUT2D eigenvalue weighted by atomic mass is 10.2. The van der Waals surface area contributed by atoms with Gasteiger partial charge in [0, 0.05) is 35.6 Å². The van der Waals surface area contributed by atoms with Crippen LogP contribution < -0.4 is 10.6 Å². The van der Waals surface area contributed by atoms with E-state index in [4.69, 9.17) is 0 Å². The fourth-order valence-electron chi connectivity index (χ4n) is 3.03. The molecule has 1 aliphatic rings. The van der Waals surface area contributed by atoms with Crippen molar-refractivity contribution in [1.29, 1.82) is 0 Å². The molecule has 3 aromatic rings. The van der Waals surface area contributed by atoms with E-state index >= 15 is 0 Å². The first kappa shape index (κ1) is 21.6. The van der Waals surface area contributed by atoms with Crippen LogP contribution in [0.1, 0.15) is 22.5 Å². The highest BCUT2D eigenvalue weighted by molar-refractivity contribution is 7.98. The molecule has 2 aromatic heterocycles. The smallest absolute Gasteiger partial charge is 0.252 e. The topological polar surface area (TPSA) is 58.4 Å². The molecule has 3 heterocycles. The Morgan fingerprint density at radius 2 is 2.04 bits per heavy atom. The van der Waals surface area contributed by atoms with Gasteiger partial charge in [-0.05, 0) is 37.2 Å². The van der Waals surface area contributed by atoms with E-state index in [1.54, 1.807) is 11.8 Å². The number of halogens is 2. The molecular weight excluding hydrogens is 403 g/mol. The van der Waals surface area contributed by atoms with Gasteiger partial charge in [0.1, 0.15) is 5.65 Å². The Kier molecular flexibility index (Phi) is 7.98. The number of pyridine rings is 1. The molecule has 0 bridgehead atoms. The van der Waals surface area contributed by atoms with Crippen LogP contribution in [-0.2, 0) is 5.75 Å². The average Bonchev–Trinajstić information content (AvgIpc) is 3.29. The van der Waals surface area contributed by atoms with E-state index in [2.05, 4.69) is 15.6 Å². The van der Waals surface area contributed by atoms with Crippen LogP contribution in [0.4, 0.5) is 0 Å². The van der Waals surface area contributed by atoms with Gasteiger partial charge in [-0.2, -0.15) is 0 Å². The van der Waals surface area contributed by atoms with Gasteiger partial charge in [0.25, 0.3) is 5.91 Å². The predicted octanol–water partition coefficient (Wildman–Crippen LogP) is 3.56. The molecule has 8 heteroatoms. The van der Waals surface area contributed by atoms with Crippen molar-refractivity contribution in [2.45, 2.75) is 23.1 Å². The van der Waals surface area contributed by atoms with Crippen LogP contribution in [0.15, 0.2) is 59.8 Å². The Labute approximate surface area is 175 Å². The van der Waals surface area contributed by atoms with Gasteiger partial charge in [-0.3, -0.25) is 4.79 Å². The fourth-order valence-corrected chi connectivity index (χ4v) is 3.96. The van der Waals surface area contributed by atoms with Gasteiger partial charge in [0.2, 0.25) is 0 Å². The molecule has 27 heavy (non-hydrogen) atoms. The molecule has 0 spiro atoms. The van der Waals surface area contributed by atoms with E-state index in [0.29, 0.717) is 0 Å². The third kappa shape index (κ3) is 5.17. The minimum absolute atomic E-state index is 0. The molecule has 1 aliphatic heterocycles. The molecule has 1 saturated heterocycles. The summed E-state index contributed by atoms with van der Waals surface area (Å²) in [6.45, 7) is 1.82. The number of nitrogens with zero attached hydrogens (tertiary/aromatic N) is 2. The largest absolute Gasteiger partial charge is 0.348 e. The maximum Gasteiger partial charge on any atom is 0.252 e. The molecule has 144 valence electrons. The highest BCUT2D eigenvalue weighted by atomic mass is 35.5. The zero-order valence-electron chi connectivity index (χ0n) is 14.6. The third-order valence-corrected chi connectivity index (χ3v) is 5.42. The SMILES string of the molecule is Cl.Cl.O=C(NC1CCNC1)c1ccccc1SCc1cn2ccccc2n1. The van der Waals surface area contributed by atoms with Crippen LogP contribution in [0.25, 0.3) is 5.65 Å². The average molecular weight is 425 g/mol. The summed E-state index contributed by atoms with van der Waals surface area (Å²) in [7, 11) is 0. The van der Waals surface area contributed by atoms with Crippen molar-refractivity contribution in [3.63, 3.8) is 0 Å². The van der Waals surface area contributed by atoms with Crippen LogP contribution in [0.5, 0.6) is 0 Å². The van der Waals surface area contributed by atoms with Crippen molar-refractivity contribution in [3.8, 4) is 0 Å². The van der Waals surface area contributed by atoms with E-state index < -0.39 is 0 Å². The number of thioether (sulfide) groups is 1. The molecule has 1 aromatic carbocycles. The van der Waals surface area contributed by atoms with E-state index in [1.165, 1.54) is 0 Å². The second-order valence-electron chi connectivity index (χ2n) is 6.15. The van der Waals surface area contributed by atoms with Crippen molar-refractivity contribution in [2.75, 3.05) is 13.1 Å². The monoisotopic (exact) mass is 424 g/mol. The van der Waals surface area contributed by atoms with Crippen LogP contribution in [0, 0.1) is 0 Å². The molecule has 1 atom stereocenters. The second kappa shape index (κ2) is 9.99. The molecule has 0 aliphatic carbocycles. The second-order valence-corrected chi connectivity index (χ2v) is 7.16. The Bertz CT molecular complexity index is 863. The van der Waals surface area contributed by atoms with Crippen molar-refractivity contribution < 1.29 is 4.79 Å². The van der Waals surface area contributed by atoms with Crippen LogP contribution in [0.3, 0.4) is 0 Å². The molecule has 0 saturated carbocycles. The summed E-state index contributed by atoms with van der Waals surface area (Å²) in [5.74, 6) is 0.739. The Morgan fingerprint density at radius 1 is 1.22 bits per heavy atom. The van der Waals surface area contributed by atoms with Crippen LogP contribution >= 0.6 is 36.6 Å². The van der Waals surface area contributed by atoms with Gasteiger partial charge < -0.3 is 15.0 Å². The van der Waals surface area contributed by atoms with Crippen molar-refractivity contribution in [2.24, 2.45) is 0 Å². The maximum absolute atomic E-state index is 12.6.